The number of aromatic nitrogens is 2. The van der Waals surface area contributed by atoms with Crippen molar-refractivity contribution in [3.8, 4) is 34.5 Å². The Hall–Kier alpha value is -3.94. The van der Waals surface area contributed by atoms with Crippen molar-refractivity contribution in [1.29, 1.82) is 0 Å². The van der Waals surface area contributed by atoms with Gasteiger partial charge in [0.25, 0.3) is 0 Å². The Morgan fingerprint density at radius 2 is 0.919 bits per heavy atom. The van der Waals surface area contributed by atoms with Crippen molar-refractivity contribution in [2.24, 2.45) is 0 Å². The third-order valence-electron chi connectivity index (χ3n) is 6.59. The summed E-state index contributed by atoms with van der Waals surface area (Å²) < 4.78 is 33.6. The molecule has 0 amide bonds. The van der Waals surface area contributed by atoms with Crippen LogP contribution in [-0.4, -0.2) is 52.6 Å². The largest absolute Gasteiger partial charge is 0.493 e. The summed E-state index contributed by atoms with van der Waals surface area (Å²) in [4.78, 5) is 9.34. The molecule has 0 fully saturated rings. The molecular weight excluding hydrogens is 472 g/mol. The number of hydrogen-bond donors (Lipinski definition) is 0. The third-order valence-corrected chi connectivity index (χ3v) is 6.59. The summed E-state index contributed by atoms with van der Waals surface area (Å²) in [6, 6.07) is 7.85. The summed E-state index contributed by atoms with van der Waals surface area (Å²) in [5, 5.41) is 3.94. The Morgan fingerprint density at radius 3 is 1.27 bits per heavy atom. The maximum absolute atomic E-state index is 5.73. The van der Waals surface area contributed by atoms with E-state index in [0.29, 0.717) is 34.5 Å². The first-order chi connectivity index (χ1) is 18.1. The van der Waals surface area contributed by atoms with Gasteiger partial charge in [0.2, 0.25) is 11.5 Å². The van der Waals surface area contributed by atoms with E-state index in [1.54, 1.807) is 42.7 Å². The van der Waals surface area contributed by atoms with Crippen LogP contribution in [0.2, 0.25) is 0 Å². The number of benzene rings is 2. The average molecular weight is 507 g/mol. The van der Waals surface area contributed by atoms with Crippen molar-refractivity contribution in [2.45, 2.75) is 32.1 Å². The molecule has 196 valence electrons. The lowest BCUT2D eigenvalue weighted by Gasteiger charge is -2.17. The number of aryl methyl sites for hydroxylation is 2. The summed E-state index contributed by atoms with van der Waals surface area (Å²) in [5.74, 6) is 3.73. The highest BCUT2D eigenvalue weighted by Crippen LogP contribution is 2.45. The van der Waals surface area contributed by atoms with E-state index in [4.69, 9.17) is 28.4 Å². The molecule has 37 heavy (non-hydrogen) atoms. The predicted molar refractivity (Wildman–Crippen MR) is 144 cm³/mol. The molecule has 8 heteroatoms. The Kier molecular flexibility index (Phi) is 8.38. The fourth-order valence-corrected chi connectivity index (χ4v) is 4.89. The molecule has 0 aliphatic carbocycles. The zero-order valence-electron chi connectivity index (χ0n) is 22.3. The minimum atomic E-state index is 0.579. The Bertz CT molecular complexity index is 1280. The maximum atomic E-state index is 5.73. The van der Waals surface area contributed by atoms with Crippen LogP contribution in [0.4, 0.5) is 0 Å². The second kappa shape index (κ2) is 11.9. The molecule has 4 rings (SSSR count). The topological polar surface area (TPSA) is 81.2 Å². The van der Waals surface area contributed by atoms with Gasteiger partial charge in [0.1, 0.15) is 0 Å². The minimum Gasteiger partial charge on any atom is -0.493 e. The fourth-order valence-electron chi connectivity index (χ4n) is 4.89. The van der Waals surface area contributed by atoms with Crippen molar-refractivity contribution in [3.63, 3.8) is 0 Å². The van der Waals surface area contributed by atoms with Crippen LogP contribution in [0.15, 0.2) is 36.7 Å². The van der Waals surface area contributed by atoms with Gasteiger partial charge in [-0.05, 0) is 60.7 Å². The van der Waals surface area contributed by atoms with Gasteiger partial charge in [0.15, 0.2) is 23.0 Å². The minimum absolute atomic E-state index is 0.579. The zero-order chi connectivity index (χ0) is 26.4. The molecule has 8 nitrogen and oxygen atoms in total. The number of rotatable bonds is 12. The lowest BCUT2D eigenvalue weighted by atomic mass is 10.0. The van der Waals surface area contributed by atoms with E-state index >= 15 is 0 Å². The van der Waals surface area contributed by atoms with E-state index in [-0.39, 0.29) is 0 Å². The van der Waals surface area contributed by atoms with Crippen LogP contribution in [0.1, 0.15) is 30.7 Å². The summed E-state index contributed by atoms with van der Waals surface area (Å²) in [6.45, 7) is 0. The van der Waals surface area contributed by atoms with Gasteiger partial charge >= 0.3 is 0 Å². The lowest BCUT2D eigenvalue weighted by Crippen LogP contribution is -2.01. The molecule has 0 saturated carbocycles. The van der Waals surface area contributed by atoms with Gasteiger partial charge in [-0.1, -0.05) is 6.42 Å². The summed E-state index contributed by atoms with van der Waals surface area (Å²) in [5.41, 5.74) is 1.97. The van der Waals surface area contributed by atoms with Crippen LogP contribution in [0.5, 0.6) is 34.5 Å². The van der Waals surface area contributed by atoms with Gasteiger partial charge in [0.05, 0.1) is 54.0 Å². The smallest absolute Gasteiger partial charge is 0.204 e. The molecule has 2 aromatic carbocycles. The van der Waals surface area contributed by atoms with Crippen LogP contribution >= 0.6 is 0 Å². The highest BCUT2D eigenvalue weighted by atomic mass is 16.5. The number of hydrogen-bond acceptors (Lipinski definition) is 8. The zero-order valence-corrected chi connectivity index (χ0v) is 22.3. The van der Waals surface area contributed by atoms with Crippen molar-refractivity contribution in [1.82, 2.24) is 9.97 Å². The molecule has 0 atom stereocenters. The van der Waals surface area contributed by atoms with E-state index in [1.807, 2.05) is 36.7 Å². The van der Waals surface area contributed by atoms with Gasteiger partial charge in [-0.25, -0.2) is 0 Å². The fraction of sp³-hybridized carbons (Fsp3) is 0.379. The number of methoxy groups -OCH3 is 6. The molecule has 0 aliphatic rings. The van der Waals surface area contributed by atoms with E-state index in [9.17, 15) is 0 Å². The number of ether oxygens (including phenoxy) is 6. The van der Waals surface area contributed by atoms with Crippen LogP contribution in [0, 0.1) is 0 Å². The first-order valence-corrected chi connectivity index (χ1v) is 12.2. The monoisotopic (exact) mass is 506 g/mol. The Labute approximate surface area is 217 Å². The summed E-state index contributed by atoms with van der Waals surface area (Å²) in [7, 11) is 9.76. The second-order valence-electron chi connectivity index (χ2n) is 8.56. The van der Waals surface area contributed by atoms with Crippen LogP contribution in [-0.2, 0) is 12.8 Å². The molecule has 0 unspecified atom stereocenters. The molecule has 0 spiro atoms. The van der Waals surface area contributed by atoms with Crippen molar-refractivity contribution < 1.29 is 28.4 Å². The highest BCUT2D eigenvalue weighted by Gasteiger charge is 2.20. The Balaban J connectivity index is 1.52. The normalized spacial score (nSPS) is 11.0. The van der Waals surface area contributed by atoms with Crippen molar-refractivity contribution in [3.05, 3.63) is 48.0 Å². The first-order valence-electron chi connectivity index (χ1n) is 12.2. The predicted octanol–water partition coefficient (Wildman–Crippen LogP) is 5.79. The van der Waals surface area contributed by atoms with E-state index < -0.39 is 0 Å². The molecule has 0 aliphatic heterocycles. The molecular formula is C29H34N2O6. The number of pyridine rings is 2. The van der Waals surface area contributed by atoms with E-state index in [2.05, 4.69) is 9.97 Å². The van der Waals surface area contributed by atoms with Gasteiger partial charge in [-0.2, -0.15) is 0 Å². The van der Waals surface area contributed by atoms with Gasteiger partial charge < -0.3 is 28.4 Å². The third kappa shape index (κ3) is 5.01. The maximum Gasteiger partial charge on any atom is 0.204 e. The van der Waals surface area contributed by atoms with Crippen LogP contribution in [0.3, 0.4) is 0 Å². The van der Waals surface area contributed by atoms with Crippen LogP contribution < -0.4 is 28.4 Å². The Morgan fingerprint density at radius 1 is 0.514 bits per heavy atom. The molecule has 0 radical (unpaired) electrons. The SMILES string of the molecule is COc1cc2ccnc(CCCCCc3nccc4cc(OC)c(OC)c(OC)c34)c2c(OC)c1OC. The van der Waals surface area contributed by atoms with Crippen molar-refractivity contribution >= 4 is 21.5 Å². The number of unbranched alkanes of at least 4 members (excludes halogenated alkanes) is 2. The standard InChI is InChI=1S/C29H34N2O6/c1-32-22-16-18-12-14-30-20(24(18)28(36-5)26(22)34-3)10-8-7-9-11-21-25-19(13-15-31-21)17-23(33-2)27(35-4)29(25)37-6/h12-17H,7-11H2,1-6H3. The average Bonchev–Trinajstić information content (AvgIpc) is 2.94. The second-order valence-corrected chi connectivity index (χ2v) is 8.56. The van der Waals surface area contributed by atoms with Crippen LogP contribution in [0.25, 0.3) is 21.5 Å². The quantitative estimate of drug-likeness (QED) is 0.223. The summed E-state index contributed by atoms with van der Waals surface area (Å²) in [6.07, 6.45) is 8.27. The lowest BCUT2D eigenvalue weighted by molar-refractivity contribution is 0.327. The first kappa shape index (κ1) is 26.1. The summed E-state index contributed by atoms with van der Waals surface area (Å²) >= 11 is 0. The molecule has 0 bridgehead atoms. The van der Waals surface area contributed by atoms with Gasteiger partial charge in [-0.15, -0.1) is 0 Å². The molecule has 0 saturated heterocycles. The van der Waals surface area contributed by atoms with E-state index in [0.717, 1.165) is 65.0 Å². The molecule has 2 heterocycles. The molecule has 2 aromatic heterocycles. The molecule has 0 N–H and O–H groups in total. The van der Waals surface area contributed by atoms with Gasteiger partial charge in [-0.3, -0.25) is 9.97 Å². The molecule has 4 aromatic rings. The number of fused-ring (bicyclic) bond motifs is 2. The highest BCUT2D eigenvalue weighted by molar-refractivity contribution is 5.95. The number of nitrogens with zero attached hydrogens (tertiary/aromatic N) is 2. The van der Waals surface area contributed by atoms with Crippen molar-refractivity contribution in [2.75, 3.05) is 42.7 Å². The van der Waals surface area contributed by atoms with Gasteiger partial charge in [0, 0.05) is 23.2 Å². The van der Waals surface area contributed by atoms with E-state index in [1.165, 1.54) is 0 Å².